The third kappa shape index (κ3) is 4.65. The van der Waals surface area contributed by atoms with Gasteiger partial charge in [0.25, 0.3) is 0 Å². The molecule has 146 valence electrons. The Balaban J connectivity index is 0.00000261. The van der Waals surface area contributed by atoms with Gasteiger partial charge in [0, 0.05) is 44.6 Å². The molecular weight excluding hydrogens is 388 g/mol. The maximum absolute atomic E-state index is 13.3. The van der Waals surface area contributed by atoms with Crippen LogP contribution in [0.4, 0.5) is 5.69 Å². The van der Waals surface area contributed by atoms with E-state index in [4.69, 9.17) is 0 Å². The van der Waals surface area contributed by atoms with Crippen molar-refractivity contribution < 1.29 is 13.2 Å². The van der Waals surface area contributed by atoms with Gasteiger partial charge < -0.3 is 10.6 Å². The number of pyridine rings is 1. The molecule has 27 heavy (non-hydrogen) atoms. The lowest BCUT2D eigenvalue weighted by atomic mass is 10.1. The topological polar surface area (TPSA) is 91.4 Å². The molecular formula is C18H23ClN4O3S. The van der Waals surface area contributed by atoms with Crippen molar-refractivity contribution in [2.24, 2.45) is 0 Å². The summed E-state index contributed by atoms with van der Waals surface area (Å²) in [6.07, 6.45) is 3.36. The summed E-state index contributed by atoms with van der Waals surface area (Å²) in [6.45, 7) is 4.70. The quantitative estimate of drug-likeness (QED) is 0.805. The summed E-state index contributed by atoms with van der Waals surface area (Å²) in [5, 5.41) is 5.93. The van der Waals surface area contributed by atoms with Crippen molar-refractivity contribution in [2.45, 2.75) is 24.8 Å². The zero-order valence-electron chi connectivity index (χ0n) is 15.2. The minimum absolute atomic E-state index is 0. The van der Waals surface area contributed by atoms with Gasteiger partial charge in [-0.3, -0.25) is 9.78 Å². The first-order valence-electron chi connectivity index (χ1n) is 8.40. The van der Waals surface area contributed by atoms with E-state index in [-0.39, 0.29) is 29.3 Å². The van der Waals surface area contributed by atoms with Gasteiger partial charge in [0.05, 0.1) is 10.9 Å². The van der Waals surface area contributed by atoms with Crippen LogP contribution in [0.1, 0.15) is 24.1 Å². The van der Waals surface area contributed by atoms with Crippen molar-refractivity contribution in [3.05, 3.63) is 53.9 Å². The van der Waals surface area contributed by atoms with E-state index in [2.05, 4.69) is 15.6 Å². The van der Waals surface area contributed by atoms with Gasteiger partial charge >= 0.3 is 0 Å². The van der Waals surface area contributed by atoms with Crippen molar-refractivity contribution in [2.75, 3.05) is 25.0 Å². The molecule has 0 spiro atoms. The van der Waals surface area contributed by atoms with Crippen molar-refractivity contribution in [1.29, 1.82) is 0 Å². The number of hydrogen-bond donors (Lipinski definition) is 2. The van der Waals surface area contributed by atoms with E-state index in [0.29, 0.717) is 25.3 Å². The molecule has 1 aromatic heterocycles. The number of nitrogens with zero attached hydrogens (tertiary/aromatic N) is 2. The molecule has 2 aromatic rings. The molecule has 2 N–H and O–H groups in total. The van der Waals surface area contributed by atoms with E-state index in [9.17, 15) is 13.2 Å². The van der Waals surface area contributed by atoms with E-state index in [1.807, 2.05) is 13.0 Å². The largest absolute Gasteiger partial charge is 0.326 e. The van der Waals surface area contributed by atoms with Crippen LogP contribution in [0.3, 0.4) is 0 Å². The fourth-order valence-corrected chi connectivity index (χ4v) is 4.69. The fraction of sp³-hybridized carbons (Fsp3) is 0.333. The molecule has 1 amide bonds. The second kappa shape index (κ2) is 8.79. The molecule has 0 bridgehead atoms. The standard InChI is InChI=1S/C18H22N4O3S.ClH/c1-13-5-6-16(10-17(13)21-14(2)23)26(24,25)22-9-8-20-12-18(22)15-4-3-7-19-11-15;/h3-7,10-11,18,20H,8-9,12H2,1-2H3,(H,21,23);1H. The Morgan fingerprint density at radius 3 is 2.78 bits per heavy atom. The molecule has 7 nitrogen and oxygen atoms in total. The van der Waals surface area contributed by atoms with E-state index in [1.54, 1.807) is 30.6 Å². The van der Waals surface area contributed by atoms with Gasteiger partial charge in [-0.05, 0) is 36.2 Å². The third-order valence-corrected chi connectivity index (χ3v) is 6.29. The zero-order chi connectivity index (χ0) is 18.7. The number of anilines is 1. The first-order chi connectivity index (χ1) is 12.4. The van der Waals surface area contributed by atoms with Gasteiger partial charge in [-0.25, -0.2) is 8.42 Å². The van der Waals surface area contributed by atoms with Crippen LogP contribution in [-0.4, -0.2) is 43.2 Å². The maximum atomic E-state index is 13.3. The molecule has 9 heteroatoms. The summed E-state index contributed by atoms with van der Waals surface area (Å²) in [5.41, 5.74) is 2.16. The second-order valence-corrected chi connectivity index (χ2v) is 8.17. The molecule has 1 aliphatic heterocycles. The first kappa shape index (κ1) is 21.3. The molecule has 0 saturated carbocycles. The number of aromatic nitrogens is 1. The number of benzene rings is 1. The molecule has 1 aliphatic rings. The first-order valence-corrected chi connectivity index (χ1v) is 9.84. The molecule has 1 unspecified atom stereocenters. The average Bonchev–Trinajstić information content (AvgIpc) is 2.64. The van der Waals surface area contributed by atoms with Gasteiger partial charge in [0.2, 0.25) is 15.9 Å². The second-order valence-electron chi connectivity index (χ2n) is 6.28. The van der Waals surface area contributed by atoms with Crippen LogP contribution in [-0.2, 0) is 14.8 Å². The predicted molar refractivity (Wildman–Crippen MR) is 106 cm³/mol. The average molecular weight is 411 g/mol. The van der Waals surface area contributed by atoms with Crippen LogP contribution in [0, 0.1) is 6.92 Å². The van der Waals surface area contributed by atoms with Crippen LogP contribution >= 0.6 is 12.4 Å². The van der Waals surface area contributed by atoms with Crippen molar-refractivity contribution in [3.63, 3.8) is 0 Å². The van der Waals surface area contributed by atoms with Crippen LogP contribution < -0.4 is 10.6 Å². The highest BCUT2D eigenvalue weighted by Crippen LogP contribution is 2.30. The molecule has 1 atom stereocenters. The van der Waals surface area contributed by atoms with E-state index >= 15 is 0 Å². The number of halogens is 1. The lowest BCUT2D eigenvalue weighted by Crippen LogP contribution is -2.48. The molecule has 0 aliphatic carbocycles. The van der Waals surface area contributed by atoms with Gasteiger partial charge in [-0.1, -0.05) is 12.1 Å². The minimum Gasteiger partial charge on any atom is -0.326 e. The third-order valence-electron chi connectivity index (χ3n) is 4.39. The summed E-state index contributed by atoms with van der Waals surface area (Å²) < 4.78 is 28.1. The molecule has 0 radical (unpaired) electrons. The Kier molecular flexibility index (Phi) is 6.94. The molecule has 1 saturated heterocycles. The van der Waals surface area contributed by atoms with Crippen molar-refractivity contribution >= 4 is 34.0 Å². The number of hydrogen-bond acceptors (Lipinski definition) is 5. The van der Waals surface area contributed by atoms with Crippen LogP contribution in [0.5, 0.6) is 0 Å². The minimum atomic E-state index is -3.72. The highest BCUT2D eigenvalue weighted by molar-refractivity contribution is 7.89. The van der Waals surface area contributed by atoms with Crippen LogP contribution in [0.2, 0.25) is 0 Å². The SMILES string of the molecule is CC(=O)Nc1cc(S(=O)(=O)N2CCNCC2c2cccnc2)ccc1C.Cl. The van der Waals surface area contributed by atoms with Crippen molar-refractivity contribution in [1.82, 2.24) is 14.6 Å². The molecule has 1 aromatic carbocycles. The zero-order valence-corrected chi connectivity index (χ0v) is 16.8. The fourth-order valence-electron chi connectivity index (χ4n) is 3.05. The van der Waals surface area contributed by atoms with E-state index < -0.39 is 10.0 Å². The Morgan fingerprint density at radius 2 is 2.11 bits per heavy atom. The summed E-state index contributed by atoms with van der Waals surface area (Å²) >= 11 is 0. The number of rotatable bonds is 4. The summed E-state index contributed by atoms with van der Waals surface area (Å²) in [7, 11) is -3.72. The number of carbonyl (C=O) groups is 1. The lowest BCUT2D eigenvalue weighted by Gasteiger charge is -2.35. The van der Waals surface area contributed by atoms with Crippen LogP contribution in [0.15, 0.2) is 47.6 Å². The highest BCUT2D eigenvalue weighted by Gasteiger charge is 2.34. The summed E-state index contributed by atoms with van der Waals surface area (Å²) in [6, 6.07) is 8.17. The Morgan fingerprint density at radius 1 is 1.33 bits per heavy atom. The number of nitrogens with one attached hydrogen (secondary N) is 2. The van der Waals surface area contributed by atoms with Gasteiger partial charge in [-0.15, -0.1) is 12.4 Å². The lowest BCUT2D eigenvalue weighted by molar-refractivity contribution is -0.114. The number of carbonyl (C=O) groups excluding carboxylic acids is 1. The smallest absolute Gasteiger partial charge is 0.243 e. The number of aryl methyl sites for hydroxylation is 1. The Labute approximate surface area is 165 Å². The van der Waals surface area contributed by atoms with Crippen molar-refractivity contribution in [3.8, 4) is 0 Å². The van der Waals surface area contributed by atoms with Crippen LogP contribution in [0.25, 0.3) is 0 Å². The molecule has 1 fully saturated rings. The summed E-state index contributed by atoms with van der Waals surface area (Å²) in [4.78, 5) is 15.7. The molecule has 3 rings (SSSR count). The normalized spacial score (nSPS) is 17.8. The number of amides is 1. The van der Waals surface area contributed by atoms with E-state index in [1.165, 1.54) is 17.3 Å². The maximum Gasteiger partial charge on any atom is 0.243 e. The Bertz CT molecular complexity index is 906. The van der Waals surface area contributed by atoms with Gasteiger partial charge in [0.1, 0.15) is 0 Å². The summed E-state index contributed by atoms with van der Waals surface area (Å²) in [5.74, 6) is -0.238. The highest BCUT2D eigenvalue weighted by atomic mass is 35.5. The van der Waals surface area contributed by atoms with E-state index in [0.717, 1.165) is 11.1 Å². The number of sulfonamides is 1. The number of piperazine rings is 1. The molecule has 2 heterocycles. The van der Waals surface area contributed by atoms with Gasteiger partial charge in [-0.2, -0.15) is 4.31 Å². The monoisotopic (exact) mass is 410 g/mol. The Hall–Kier alpha value is -2.00. The van der Waals surface area contributed by atoms with Gasteiger partial charge in [0.15, 0.2) is 0 Å². The predicted octanol–water partition coefficient (Wildman–Crippen LogP) is 2.11.